The number of nitrogen functional groups attached to an aromatic ring is 2. The largest absolute Gasteiger partial charge is 0.481 e. The summed E-state index contributed by atoms with van der Waals surface area (Å²) < 4.78 is 49.9. The number of anilines is 2. The third-order valence-corrected chi connectivity index (χ3v) is 11.6. The Balaban J connectivity index is 0.000000208. The van der Waals surface area contributed by atoms with Crippen molar-refractivity contribution in [2.24, 2.45) is 11.1 Å². The summed E-state index contributed by atoms with van der Waals surface area (Å²) in [5.41, 5.74) is 20.6. The van der Waals surface area contributed by atoms with E-state index in [4.69, 9.17) is 41.1 Å². The standard InChI is InChI=1S/C27H32FN5O3.C21H19FN4O2.C6H15NO2/c1-16-25-22(32-26(29)30-16)13-17(14-23(25)33-36-12-11-35-27(2,3)4)19-10-9-18(28)15-20(19)21-7-6-8-24(31-21)34-5;1-11-20-17(26-21(23)24-11)8-12(9-18(20)27)14-7-6-13(22)10-15(14)16-4-3-5-19(25-16)28-2;1-6(2,3)8-4-5-9-7/h6-10,15,17H,11-14H2,1-5H3,(H2,29,30,32);3-7,10,12H,8-9H2,1-2H3,(H2,23,24,26);4-5,7H2,1-3H3/b33-23+;;. The van der Waals surface area contributed by atoms with E-state index in [0.29, 0.717) is 103 Å². The summed E-state index contributed by atoms with van der Waals surface area (Å²) in [6.45, 7) is 17.3. The molecule has 0 saturated carbocycles. The van der Waals surface area contributed by atoms with Gasteiger partial charge in [0.2, 0.25) is 23.7 Å². The molecule has 0 amide bonds. The monoisotopic (exact) mass is 1000 g/mol. The minimum atomic E-state index is -0.367. The van der Waals surface area contributed by atoms with Gasteiger partial charge in [-0.05, 0) is 128 Å². The predicted octanol–water partition coefficient (Wildman–Crippen LogP) is 9.02. The molecule has 2 aromatic carbocycles. The van der Waals surface area contributed by atoms with Crippen molar-refractivity contribution < 1.29 is 42.2 Å². The first-order valence-electron chi connectivity index (χ1n) is 23.9. The molecule has 73 heavy (non-hydrogen) atoms. The number of pyridine rings is 2. The number of benzene rings is 2. The Hall–Kier alpha value is -7.06. The van der Waals surface area contributed by atoms with E-state index in [1.807, 2.05) is 60.6 Å². The van der Waals surface area contributed by atoms with Crippen molar-refractivity contribution in [1.29, 1.82) is 0 Å². The zero-order chi connectivity index (χ0) is 53.0. The molecule has 2 aliphatic carbocycles. The number of ketones is 1. The number of fused-ring (bicyclic) bond motifs is 2. The van der Waals surface area contributed by atoms with Gasteiger partial charge in [0.25, 0.3) is 0 Å². The normalized spacial score (nSPS) is 15.8. The lowest BCUT2D eigenvalue weighted by Gasteiger charge is -2.28. The maximum atomic E-state index is 14.4. The van der Waals surface area contributed by atoms with Crippen LogP contribution in [-0.2, 0) is 32.0 Å². The number of oxime groups is 1. The number of ether oxygens (including phenoxy) is 4. The number of aromatic nitrogens is 6. The van der Waals surface area contributed by atoms with Crippen molar-refractivity contribution in [3.8, 4) is 34.3 Å². The smallest absolute Gasteiger partial charge is 0.220 e. The van der Waals surface area contributed by atoms with E-state index in [1.165, 1.54) is 31.4 Å². The first-order valence-corrected chi connectivity index (χ1v) is 23.9. The third kappa shape index (κ3) is 15.2. The summed E-state index contributed by atoms with van der Waals surface area (Å²) in [7, 11) is 3.08. The zero-order valence-corrected chi connectivity index (χ0v) is 43.2. The number of halogens is 2. The molecule has 8 rings (SSSR count). The van der Waals surface area contributed by atoms with Crippen LogP contribution in [-0.4, -0.2) is 93.2 Å². The highest BCUT2D eigenvalue weighted by molar-refractivity contribution is 6.04. The van der Waals surface area contributed by atoms with Gasteiger partial charge in [0.1, 0.15) is 18.2 Å². The van der Waals surface area contributed by atoms with Crippen LogP contribution in [0.25, 0.3) is 22.5 Å². The number of aryl methyl sites for hydroxylation is 2. The maximum absolute atomic E-state index is 14.4. The molecular weight excluding hydrogens is 939 g/mol. The summed E-state index contributed by atoms with van der Waals surface area (Å²) in [5.74, 6) is 5.09. The molecule has 388 valence electrons. The fourth-order valence-electron chi connectivity index (χ4n) is 8.61. The van der Waals surface area contributed by atoms with E-state index in [1.54, 1.807) is 50.4 Å². The quantitative estimate of drug-likeness (QED) is 0.0722. The van der Waals surface area contributed by atoms with Crippen molar-refractivity contribution in [2.75, 3.05) is 52.1 Å². The van der Waals surface area contributed by atoms with Crippen LogP contribution in [0.5, 0.6) is 11.8 Å². The second-order valence-corrected chi connectivity index (χ2v) is 19.4. The zero-order valence-electron chi connectivity index (χ0n) is 43.2. The Morgan fingerprint density at radius 2 is 1.07 bits per heavy atom. The first-order chi connectivity index (χ1) is 34.7. The number of carbonyl (C=O) groups is 1. The summed E-state index contributed by atoms with van der Waals surface area (Å²) >= 11 is 0. The lowest BCUT2D eigenvalue weighted by Crippen LogP contribution is -2.25. The van der Waals surface area contributed by atoms with Crippen LogP contribution in [0.1, 0.15) is 116 Å². The maximum Gasteiger partial charge on any atom is 0.220 e. The molecule has 0 spiro atoms. The number of nitrogens with zero attached hydrogens (tertiary/aromatic N) is 7. The molecule has 6 aromatic rings. The van der Waals surface area contributed by atoms with Crippen LogP contribution >= 0.6 is 0 Å². The summed E-state index contributed by atoms with van der Waals surface area (Å²) in [5, 5.41) is 4.46. The minimum absolute atomic E-state index is 0.0300. The molecular formula is C54H66F2N10O7. The highest BCUT2D eigenvalue weighted by Crippen LogP contribution is 2.40. The Morgan fingerprint density at radius 3 is 1.55 bits per heavy atom. The summed E-state index contributed by atoms with van der Waals surface area (Å²) in [6, 6.07) is 20.1. The van der Waals surface area contributed by atoms with Crippen molar-refractivity contribution in [1.82, 2.24) is 29.9 Å². The van der Waals surface area contributed by atoms with Crippen molar-refractivity contribution in [3.05, 3.63) is 129 Å². The van der Waals surface area contributed by atoms with Crippen LogP contribution in [0.3, 0.4) is 0 Å². The number of Topliss-reactive ketones (excluding diaryl/α,β-unsaturated/α-hetero) is 1. The highest BCUT2D eigenvalue weighted by Gasteiger charge is 2.33. The Morgan fingerprint density at radius 1 is 0.603 bits per heavy atom. The topological polar surface area (TPSA) is 240 Å². The minimum Gasteiger partial charge on any atom is -0.481 e. The van der Waals surface area contributed by atoms with E-state index >= 15 is 0 Å². The van der Waals surface area contributed by atoms with Gasteiger partial charge in [0.05, 0.1) is 90.7 Å². The third-order valence-electron chi connectivity index (χ3n) is 11.6. The van der Waals surface area contributed by atoms with Gasteiger partial charge in [0.15, 0.2) is 5.78 Å². The van der Waals surface area contributed by atoms with Gasteiger partial charge >= 0.3 is 0 Å². The number of hydrogen-bond donors (Lipinski definition) is 3. The summed E-state index contributed by atoms with van der Waals surface area (Å²) in [4.78, 5) is 49.0. The van der Waals surface area contributed by atoms with Gasteiger partial charge in [-0.3, -0.25) is 4.79 Å². The second kappa shape index (κ2) is 24.6. The number of methoxy groups -OCH3 is 2. The number of hydrogen-bond acceptors (Lipinski definition) is 17. The van der Waals surface area contributed by atoms with Crippen LogP contribution in [0.4, 0.5) is 20.7 Å². The Kier molecular flexibility index (Phi) is 18.6. The second-order valence-electron chi connectivity index (χ2n) is 19.4. The fraction of sp³-hybridized carbons (Fsp3) is 0.407. The molecule has 0 aliphatic heterocycles. The Bertz CT molecular complexity index is 2910. The molecule has 0 saturated heterocycles. The van der Waals surface area contributed by atoms with Crippen LogP contribution in [0.2, 0.25) is 0 Å². The molecule has 0 fully saturated rings. The molecule has 0 bridgehead atoms. The van der Waals surface area contributed by atoms with Gasteiger partial charge < -0.3 is 40.1 Å². The van der Waals surface area contributed by atoms with E-state index < -0.39 is 0 Å². The van der Waals surface area contributed by atoms with Crippen molar-refractivity contribution in [3.63, 3.8) is 0 Å². The van der Waals surface area contributed by atoms with Crippen LogP contribution in [0.15, 0.2) is 78.0 Å². The van der Waals surface area contributed by atoms with E-state index in [2.05, 4.69) is 39.9 Å². The van der Waals surface area contributed by atoms with Crippen molar-refractivity contribution in [2.45, 2.75) is 104 Å². The predicted molar refractivity (Wildman–Crippen MR) is 275 cm³/mol. The number of nitrogens with two attached hydrogens (primary N) is 3. The molecule has 17 nitrogen and oxygen atoms in total. The van der Waals surface area contributed by atoms with Gasteiger partial charge in [-0.25, -0.2) is 44.6 Å². The van der Waals surface area contributed by atoms with Crippen LogP contribution in [0, 0.1) is 25.5 Å². The van der Waals surface area contributed by atoms with Crippen LogP contribution < -0.4 is 26.8 Å². The average molecular weight is 1010 g/mol. The SMILES string of the molecule is CC(C)(C)OCCON.COc1cccc(-c2cc(F)ccc2C2C/C(=N\OCCOC(C)(C)C)c3c(C)nc(N)nc3C2)n1.COc1cccc(-c2cc(F)ccc2C2CC(=O)c3c(C)nc(N)nc3C2)n1. The molecule has 4 heterocycles. The van der Waals surface area contributed by atoms with E-state index in [9.17, 15) is 13.6 Å². The van der Waals surface area contributed by atoms with E-state index in [0.717, 1.165) is 33.8 Å². The fourth-order valence-corrected chi connectivity index (χ4v) is 8.61. The highest BCUT2D eigenvalue weighted by atomic mass is 19.1. The molecule has 2 aliphatic rings. The Labute approximate surface area is 425 Å². The van der Waals surface area contributed by atoms with Gasteiger partial charge in [-0.1, -0.05) is 29.4 Å². The molecule has 2 unspecified atom stereocenters. The van der Waals surface area contributed by atoms with Gasteiger partial charge in [-0.15, -0.1) is 0 Å². The van der Waals surface area contributed by atoms with Crippen molar-refractivity contribution >= 4 is 23.4 Å². The molecule has 0 radical (unpaired) electrons. The molecule has 19 heteroatoms. The molecule has 4 aromatic heterocycles. The molecule has 2 atom stereocenters. The van der Waals surface area contributed by atoms with E-state index in [-0.39, 0.29) is 52.4 Å². The molecule has 6 N–H and O–H groups in total. The average Bonchev–Trinajstić information content (AvgIpc) is 3.33. The van der Waals surface area contributed by atoms with Gasteiger partial charge in [-0.2, -0.15) is 0 Å². The lowest BCUT2D eigenvalue weighted by atomic mass is 9.79. The van der Waals surface area contributed by atoms with Gasteiger partial charge in [0, 0.05) is 41.7 Å². The summed E-state index contributed by atoms with van der Waals surface area (Å²) in [6.07, 6.45) is 1.97. The number of rotatable bonds is 13. The lowest BCUT2D eigenvalue weighted by molar-refractivity contribution is -0.0352. The first kappa shape index (κ1) is 55.3. The number of carbonyl (C=O) groups excluding carboxylic acids is 1.